The molecule has 0 atom stereocenters. The number of aliphatic hydroxyl groups is 1. The second kappa shape index (κ2) is 13.5. The molecule has 0 aliphatic heterocycles. The number of ether oxygens (including phenoxy) is 1. The fourth-order valence-corrected chi connectivity index (χ4v) is 4.30. The van der Waals surface area contributed by atoms with E-state index in [9.17, 15) is 28.3 Å². The number of rotatable bonds is 8. The van der Waals surface area contributed by atoms with Crippen molar-refractivity contribution in [2.45, 2.75) is 70.6 Å². The van der Waals surface area contributed by atoms with Crippen LogP contribution in [0.4, 0.5) is 13.2 Å². The molecule has 1 aromatic heterocycles. The van der Waals surface area contributed by atoms with Gasteiger partial charge in [0.25, 0.3) is 5.91 Å². The zero-order chi connectivity index (χ0) is 31.0. The minimum atomic E-state index is -4.40. The molecule has 0 saturated heterocycles. The number of aromatic nitrogens is 2. The third-order valence-electron chi connectivity index (χ3n) is 6.44. The van der Waals surface area contributed by atoms with E-state index in [4.69, 9.17) is 17.3 Å². The lowest BCUT2D eigenvalue weighted by molar-refractivity contribution is -0.134. The Kier molecular flexibility index (Phi) is 9.39. The van der Waals surface area contributed by atoms with Gasteiger partial charge in [0, 0.05) is 19.4 Å². The van der Waals surface area contributed by atoms with Crippen molar-refractivity contribution in [1.29, 1.82) is 5.26 Å². The number of imidazole rings is 1. The number of halogens is 3. The van der Waals surface area contributed by atoms with Crippen molar-refractivity contribution in [3.05, 3.63) is 41.0 Å². The number of amides is 1. The third kappa shape index (κ3) is 8.13. The average Bonchev–Trinajstić information content (AvgIpc) is 3.26. The monoisotopic (exact) mass is 559 g/mol. The molecule has 1 saturated carbocycles. The predicted octanol–water partition coefficient (Wildman–Crippen LogP) is 3.81. The van der Waals surface area contributed by atoms with E-state index >= 15 is 0 Å². The first-order valence-corrected chi connectivity index (χ1v) is 12.6. The SMILES string of the molecule is O=S=O.[2H]C([2H])([2H])Oc1cc(CCC(F)(F)F)ccc1-n1c(CC)nc(C(=O)NCC2(O)CCC(C)CC2)c1C#N. The van der Waals surface area contributed by atoms with Crippen molar-refractivity contribution < 1.29 is 40.3 Å². The van der Waals surface area contributed by atoms with Crippen molar-refractivity contribution in [1.82, 2.24) is 14.9 Å². The lowest BCUT2D eigenvalue weighted by Crippen LogP contribution is -2.45. The number of hydrogen-bond donors (Lipinski definition) is 2. The summed E-state index contributed by atoms with van der Waals surface area (Å²) >= 11 is -0.750. The molecule has 208 valence electrons. The Morgan fingerprint density at radius 1 is 1.39 bits per heavy atom. The first kappa shape index (κ1) is 26.4. The molecule has 0 unspecified atom stereocenters. The highest BCUT2D eigenvalue weighted by molar-refractivity contribution is 7.51. The number of hydrogen-bond acceptors (Lipinski definition) is 7. The lowest BCUT2D eigenvalue weighted by atomic mass is 9.79. The highest BCUT2D eigenvalue weighted by Gasteiger charge is 2.33. The summed E-state index contributed by atoms with van der Waals surface area (Å²) in [6.07, 6.45) is -2.94. The number of aryl methyl sites for hydroxylation is 2. The number of methoxy groups -OCH3 is 1. The van der Waals surface area contributed by atoms with Gasteiger partial charge in [0.05, 0.1) is 22.4 Å². The van der Waals surface area contributed by atoms with E-state index in [0.717, 1.165) is 12.8 Å². The summed E-state index contributed by atoms with van der Waals surface area (Å²) in [4.78, 5) is 17.4. The van der Waals surface area contributed by atoms with Crippen LogP contribution in [0.1, 0.15) is 77.6 Å². The van der Waals surface area contributed by atoms with Gasteiger partial charge < -0.3 is 15.2 Å². The van der Waals surface area contributed by atoms with Crippen molar-refractivity contribution in [2.75, 3.05) is 13.6 Å². The van der Waals surface area contributed by atoms with Crippen molar-refractivity contribution in [3.8, 4) is 17.5 Å². The van der Waals surface area contributed by atoms with Crippen LogP contribution >= 0.6 is 0 Å². The number of alkyl halides is 3. The van der Waals surface area contributed by atoms with Crippen LogP contribution in [0.3, 0.4) is 0 Å². The molecular formula is C25H31F3N4O5S. The Morgan fingerprint density at radius 2 is 2.05 bits per heavy atom. The van der Waals surface area contributed by atoms with Gasteiger partial charge in [0.15, 0.2) is 11.4 Å². The maximum atomic E-state index is 13.1. The van der Waals surface area contributed by atoms with Crippen LogP contribution < -0.4 is 10.1 Å². The Hall–Kier alpha value is -3.24. The summed E-state index contributed by atoms with van der Waals surface area (Å²) in [6.45, 7) is 3.80. The van der Waals surface area contributed by atoms with Crippen LogP contribution in [0, 0.1) is 17.2 Å². The summed E-state index contributed by atoms with van der Waals surface area (Å²) in [5.74, 6) is -0.214. The van der Waals surface area contributed by atoms with E-state index in [1.54, 1.807) is 6.92 Å². The summed E-state index contributed by atoms with van der Waals surface area (Å²) in [5, 5.41) is 23.4. The molecule has 1 aliphatic rings. The topological polar surface area (TPSA) is 134 Å². The molecule has 2 N–H and O–H groups in total. The van der Waals surface area contributed by atoms with Crippen LogP contribution in [-0.2, 0) is 24.4 Å². The van der Waals surface area contributed by atoms with Crippen molar-refractivity contribution in [2.24, 2.45) is 5.92 Å². The molecule has 1 heterocycles. The maximum Gasteiger partial charge on any atom is 0.389 e. The van der Waals surface area contributed by atoms with Gasteiger partial charge in [-0.2, -0.15) is 26.9 Å². The zero-order valence-electron chi connectivity index (χ0n) is 23.9. The second-order valence-corrected chi connectivity index (χ2v) is 9.34. The van der Waals surface area contributed by atoms with Gasteiger partial charge in [0.1, 0.15) is 17.6 Å². The lowest BCUT2D eigenvalue weighted by Gasteiger charge is -2.34. The molecule has 0 spiro atoms. The molecule has 1 amide bonds. The smallest absolute Gasteiger partial charge is 0.389 e. The van der Waals surface area contributed by atoms with Crippen LogP contribution in [0.15, 0.2) is 18.2 Å². The summed E-state index contributed by atoms with van der Waals surface area (Å²) < 4.78 is 83.7. The van der Waals surface area contributed by atoms with E-state index in [0.29, 0.717) is 18.8 Å². The molecule has 1 aliphatic carbocycles. The number of nitrogens with one attached hydrogen (secondary N) is 1. The molecule has 38 heavy (non-hydrogen) atoms. The number of nitriles is 1. The quantitative estimate of drug-likeness (QED) is 0.502. The van der Waals surface area contributed by atoms with E-state index in [1.807, 2.05) is 6.07 Å². The van der Waals surface area contributed by atoms with Gasteiger partial charge >= 0.3 is 17.7 Å². The first-order chi connectivity index (χ1) is 19.1. The summed E-state index contributed by atoms with van der Waals surface area (Å²) in [5.41, 5.74) is -1.22. The average molecular weight is 560 g/mol. The van der Waals surface area contributed by atoms with Gasteiger partial charge in [-0.25, -0.2) is 4.98 Å². The number of nitrogens with zero attached hydrogens (tertiary/aromatic N) is 3. The molecule has 9 nitrogen and oxygen atoms in total. The molecule has 0 bridgehead atoms. The highest BCUT2D eigenvalue weighted by Crippen LogP contribution is 2.32. The summed E-state index contributed by atoms with van der Waals surface area (Å²) in [7, 11) is -2.93. The van der Waals surface area contributed by atoms with Crippen LogP contribution in [0.25, 0.3) is 5.69 Å². The van der Waals surface area contributed by atoms with Crippen LogP contribution in [-0.4, -0.2) is 54.3 Å². The maximum absolute atomic E-state index is 13.1. The second-order valence-electron chi connectivity index (χ2n) is 9.20. The van der Waals surface area contributed by atoms with Crippen molar-refractivity contribution >= 4 is 17.5 Å². The fraction of sp³-hybridized carbons (Fsp3) is 0.560. The predicted molar refractivity (Wildman–Crippen MR) is 132 cm³/mol. The number of carbonyl (C=O) groups excluding carboxylic acids is 1. The standard InChI is InChI=1S/C25H31F3N4O3.O2S/c1-4-21-31-22(23(33)30-15-24(34)10-7-16(2)8-11-24)19(14-29)32(21)18-6-5-17(13-20(18)35-3)9-12-25(26,27)28;1-3-2/h5-6,13,16,34H,4,7-12,15H2,1-3H3,(H,30,33);/i3D3;. The van der Waals surface area contributed by atoms with E-state index in [-0.39, 0.29) is 47.2 Å². The van der Waals surface area contributed by atoms with Crippen LogP contribution in [0.2, 0.25) is 0 Å². The number of benzene rings is 1. The largest absolute Gasteiger partial charge is 0.495 e. The molecule has 1 aromatic carbocycles. The Morgan fingerprint density at radius 3 is 2.61 bits per heavy atom. The Labute approximate surface area is 226 Å². The van der Waals surface area contributed by atoms with Gasteiger partial charge in [0.2, 0.25) is 0 Å². The van der Waals surface area contributed by atoms with Crippen LogP contribution in [0.5, 0.6) is 5.75 Å². The van der Waals surface area contributed by atoms with Gasteiger partial charge in [-0.1, -0.05) is 19.9 Å². The first-order valence-electron chi connectivity index (χ1n) is 13.4. The molecule has 13 heteroatoms. The molecular weight excluding hydrogens is 525 g/mol. The van der Waals surface area contributed by atoms with E-state index in [1.165, 1.54) is 22.8 Å². The minimum Gasteiger partial charge on any atom is -0.495 e. The molecule has 1 fully saturated rings. The third-order valence-corrected chi connectivity index (χ3v) is 6.44. The zero-order valence-corrected chi connectivity index (χ0v) is 21.7. The van der Waals surface area contributed by atoms with Gasteiger partial charge in [-0.15, -0.1) is 0 Å². The van der Waals surface area contributed by atoms with E-state index in [2.05, 4.69) is 17.2 Å². The normalized spacial score (nSPS) is 20.6. The Bertz CT molecular complexity index is 1300. The minimum absolute atomic E-state index is 0.0148. The Balaban J connectivity index is 0.00000187. The van der Waals surface area contributed by atoms with Gasteiger partial charge in [-0.3, -0.25) is 9.36 Å². The molecule has 0 radical (unpaired) electrons. The number of carbonyl (C=O) groups is 1. The van der Waals surface area contributed by atoms with E-state index < -0.39 is 49.1 Å². The fourth-order valence-electron chi connectivity index (χ4n) is 4.30. The van der Waals surface area contributed by atoms with Crippen molar-refractivity contribution in [3.63, 3.8) is 0 Å². The summed E-state index contributed by atoms with van der Waals surface area (Å²) in [6, 6.07) is 5.85. The van der Waals surface area contributed by atoms with Gasteiger partial charge in [-0.05, 0) is 55.7 Å². The molecule has 3 rings (SSSR count). The molecule has 2 aromatic rings. The highest BCUT2D eigenvalue weighted by atomic mass is 32.1.